The van der Waals surface area contributed by atoms with Gasteiger partial charge in [-0.3, -0.25) is 0 Å². The average Bonchev–Trinajstić information content (AvgIpc) is 3.59. The highest BCUT2D eigenvalue weighted by Gasteiger charge is 2.20. The molecule has 0 aliphatic carbocycles. The number of nitrogens with zero attached hydrogens (tertiary/aromatic N) is 4. The standard InChI is InChI=1S/C49H32N4/c1-3-15-33(16-4-1)34-27-29-37(30-28-34)48-50-47(36-18-5-2-6-19-36)51-49(52-48)41-23-10-9-21-39(41)40-22-11-13-25-43(40)53-44-26-14-12-24-42(44)46-38-20-8-7-17-35(38)31-32-45(46)53/h1-32H. The fourth-order valence-corrected chi connectivity index (χ4v) is 7.59. The van der Waals surface area contributed by atoms with Crippen molar-refractivity contribution in [2.75, 3.05) is 0 Å². The van der Waals surface area contributed by atoms with Gasteiger partial charge in [-0.2, -0.15) is 0 Å². The first-order valence-electron chi connectivity index (χ1n) is 17.9. The lowest BCUT2D eigenvalue weighted by atomic mass is 9.97. The fourth-order valence-electron chi connectivity index (χ4n) is 7.59. The minimum absolute atomic E-state index is 0.625. The van der Waals surface area contributed by atoms with E-state index in [0.717, 1.165) is 44.6 Å². The van der Waals surface area contributed by atoms with E-state index in [1.54, 1.807) is 0 Å². The van der Waals surface area contributed by atoms with Crippen LogP contribution in [0.15, 0.2) is 194 Å². The zero-order chi connectivity index (χ0) is 35.1. The first kappa shape index (κ1) is 30.6. The summed E-state index contributed by atoms with van der Waals surface area (Å²) in [5, 5.41) is 4.97. The first-order valence-corrected chi connectivity index (χ1v) is 17.9. The topological polar surface area (TPSA) is 43.6 Å². The van der Waals surface area contributed by atoms with E-state index < -0.39 is 0 Å². The minimum Gasteiger partial charge on any atom is -0.309 e. The number of hydrogen-bond acceptors (Lipinski definition) is 3. The van der Waals surface area contributed by atoms with Gasteiger partial charge in [-0.25, -0.2) is 15.0 Å². The number of rotatable bonds is 6. The molecule has 0 unspecified atom stereocenters. The normalized spacial score (nSPS) is 11.4. The average molecular weight is 677 g/mol. The molecule has 0 atom stereocenters. The van der Waals surface area contributed by atoms with Crippen molar-refractivity contribution in [3.8, 4) is 62.1 Å². The summed E-state index contributed by atoms with van der Waals surface area (Å²) in [4.78, 5) is 15.4. The second-order valence-electron chi connectivity index (χ2n) is 13.2. The summed E-state index contributed by atoms with van der Waals surface area (Å²) in [7, 11) is 0. The molecule has 10 aromatic rings. The maximum Gasteiger partial charge on any atom is 0.164 e. The fraction of sp³-hybridized carbons (Fsp3) is 0. The van der Waals surface area contributed by atoms with Crippen LogP contribution in [0.2, 0.25) is 0 Å². The van der Waals surface area contributed by atoms with Crippen LogP contribution in [0.5, 0.6) is 0 Å². The molecule has 0 aliphatic rings. The lowest BCUT2D eigenvalue weighted by Crippen LogP contribution is -2.02. The highest BCUT2D eigenvalue weighted by molar-refractivity contribution is 6.21. The van der Waals surface area contributed by atoms with Crippen molar-refractivity contribution in [2.45, 2.75) is 0 Å². The third-order valence-electron chi connectivity index (χ3n) is 10.1. The van der Waals surface area contributed by atoms with Crippen LogP contribution in [-0.4, -0.2) is 19.5 Å². The summed E-state index contributed by atoms with van der Waals surface area (Å²) >= 11 is 0. The van der Waals surface area contributed by atoms with Gasteiger partial charge in [-0.1, -0.05) is 176 Å². The van der Waals surface area contributed by atoms with Crippen LogP contribution in [0.3, 0.4) is 0 Å². The van der Waals surface area contributed by atoms with Crippen molar-refractivity contribution >= 4 is 32.6 Å². The van der Waals surface area contributed by atoms with E-state index in [-0.39, 0.29) is 0 Å². The van der Waals surface area contributed by atoms with Gasteiger partial charge in [-0.15, -0.1) is 0 Å². The smallest absolute Gasteiger partial charge is 0.164 e. The van der Waals surface area contributed by atoms with Gasteiger partial charge in [-0.05, 0) is 45.7 Å². The lowest BCUT2D eigenvalue weighted by Gasteiger charge is -2.17. The molecule has 4 nitrogen and oxygen atoms in total. The number of benzene rings is 8. The predicted molar refractivity (Wildman–Crippen MR) is 219 cm³/mol. The molecule has 53 heavy (non-hydrogen) atoms. The molecule has 10 rings (SSSR count). The van der Waals surface area contributed by atoms with Crippen molar-refractivity contribution in [2.24, 2.45) is 0 Å². The maximum atomic E-state index is 5.19. The molecule has 2 heterocycles. The molecule has 0 radical (unpaired) electrons. The van der Waals surface area contributed by atoms with Gasteiger partial charge >= 0.3 is 0 Å². The highest BCUT2D eigenvalue weighted by Crippen LogP contribution is 2.41. The molecular formula is C49H32N4. The number of hydrogen-bond donors (Lipinski definition) is 0. The Hall–Kier alpha value is -7.17. The predicted octanol–water partition coefficient (Wildman–Crippen LogP) is 12.5. The Morgan fingerprint density at radius 2 is 0.811 bits per heavy atom. The van der Waals surface area contributed by atoms with Crippen LogP contribution >= 0.6 is 0 Å². The first-order chi connectivity index (χ1) is 26.3. The van der Waals surface area contributed by atoms with Gasteiger partial charge in [0.05, 0.1) is 16.7 Å². The van der Waals surface area contributed by atoms with Crippen molar-refractivity contribution < 1.29 is 0 Å². The summed E-state index contributed by atoms with van der Waals surface area (Å²) in [6, 6.07) is 68.0. The van der Waals surface area contributed by atoms with Crippen LogP contribution < -0.4 is 0 Å². The van der Waals surface area contributed by atoms with Gasteiger partial charge < -0.3 is 4.57 Å². The van der Waals surface area contributed by atoms with Crippen molar-refractivity contribution in [3.63, 3.8) is 0 Å². The van der Waals surface area contributed by atoms with Crippen LogP contribution in [0.1, 0.15) is 0 Å². The van der Waals surface area contributed by atoms with E-state index >= 15 is 0 Å². The molecule has 4 heteroatoms. The van der Waals surface area contributed by atoms with E-state index in [1.807, 2.05) is 24.3 Å². The van der Waals surface area contributed by atoms with E-state index in [9.17, 15) is 0 Å². The SMILES string of the molecule is c1ccc(-c2ccc(-c3nc(-c4ccccc4)nc(-c4ccccc4-c4ccccc4-n4c5ccccc5c5c6ccccc6ccc54)n3)cc2)cc1. The zero-order valence-corrected chi connectivity index (χ0v) is 28.8. The van der Waals surface area contributed by atoms with E-state index in [2.05, 4.69) is 174 Å². The zero-order valence-electron chi connectivity index (χ0n) is 28.8. The Morgan fingerprint density at radius 3 is 1.57 bits per heavy atom. The van der Waals surface area contributed by atoms with E-state index in [1.165, 1.54) is 32.6 Å². The van der Waals surface area contributed by atoms with Crippen LogP contribution in [0, 0.1) is 0 Å². The summed E-state index contributed by atoms with van der Waals surface area (Å²) in [6.45, 7) is 0. The summed E-state index contributed by atoms with van der Waals surface area (Å²) < 4.78 is 2.41. The third-order valence-corrected chi connectivity index (χ3v) is 10.1. The molecule has 248 valence electrons. The van der Waals surface area contributed by atoms with Gasteiger partial charge in [0, 0.05) is 33.0 Å². The number of fused-ring (bicyclic) bond motifs is 5. The van der Waals surface area contributed by atoms with Gasteiger partial charge in [0.1, 0.15) is 0 Å². The van der Waals surface area contributed by atoms with Gasteiger partial charge in [0.2, 0.25) is 0 Å². The molecular weight excluding hydrogens is 645 g/mol. The second-order valence-corrected chi connectivity index (χ2v) is 13.2. The Kier molecular flexibility index (Phi) is 7.43. The highest BCUT2D eigenvalue weighted by atomic mass is 15.0. The molecule has 0 aliphatic heterocycles. The molecule has 0 spiro atoms. The molecule has 0 bridgehead atoms. The van der Waals surface area contributed by atoms with E-state index in [4.69, 9.17) is 15.0 Å². The molecule has 0 saturated carbocycles. The summed E-state index contributed by atoms with van der Waals surface area (Å²) in [5.41, 5.74) is 10.7. The molecule has 0 saturated heterocycles. The molecule has 0 N–H and O–H groups in total. The Morgan fingerprint density at radius 1 is 0.302 bits per heavy atom. The monoisotopic (exact) mass is 676 g/mol. The van der Waals surface area contributed by atoms with Crippen LogP contribution in [0.25, 0.3) is 94.7 Å². The van der Waals surface area contributed by atoms with Crippen LogP contribution in [-0.2, 0) is 0 Å². The number of para-hydroxylation sites is 2. The lowest BCUT2D eigenvalue weighted by molar-refractivity contribution is 1.07. The van der Waals surface area contributed by atoms with Gasteiger partial charge in [0.25, 0.3) is 0 Å². The molecule has 8 aromatic carbocycles. The Bertz CT molecular complexity index is 2930. The van der Waals surface area contributed by atoms with Crippen molar-refractivity contribution in [1.82, 2.24) is 19.5 Å². The quantitative estimate of drug-likeness (QED) is 0.176. The summed E-state index contributed by atoms with van der Waals surface area (Å²) in [6.07, 6.45) is 0. The van der Waals surface area contributed by atoms with Crippen molar-refractivity contribution in [1.29, 1.82) is 0 Å². The third kappa shape index (κ3) is 5.36. The molecule has 0 amide bonds. The van der Waals surface area contributed by atoms with E-state index in [0.29, 0.717) is 17.5 Å². The van der Waals surface area contributed by atoms with Crippen LogP contribution in [0.4, 0.5) is 0 Å². The maximum absolute atomic E-state index is 5.19. The number of aromatic nitrogens is 4. The minimum atomic E-state index is 0.625. The van der Waals surface area contributed by atoms with Gasteiger partial charge in [0.15, 0.2) is 17.5 Å². The summed E-state index contributed by atoms with van der Waals surface area (Å²) in [5.74, 6) is 1.89. The molecule has 2 aromatic heterocycles. The largest absolute Gasteiger partial charge is 0.309 e. The second kappa shape index (κ2) is 12.9. The Labute approximate surface area is 307 Å². The molecule has 0 fully saturated rings. The van der Waals surface area contributed by atoms with Crippen molar-refractivity contribution in [3.05, 3.63) is 194 Å². The Balaban J connectivity index is 1.17.